The Morgan fingerprint density at radius 2 is 1.57 bits per heavy atom. The minimum Gasteiger partial charge on any atom is -0.465 e. The van der Waals surface area contributed by atoms with E-state index in [-0.39, 0.29) is 17.7 Å². The van der Waals surface area contributed by atoms with E-state index in [4.69, 9.17) is 9.78 Å². The maximum absolute atomic E-state index is 11.8. The van der Waals surface area contributed by atoms with Gasteiger partial charge in [-0.25, -0.2) is 9.59 Å². The Balaban J connectivity index is 1.93. The van der Waals surface area contributed by atoms with Gasteiger partial charge in [0.1, 0.15) is 6.61 Å². The number of benzene rings is 2. The van der Waals surface area contributed by atoms with Crippen molar-refractivity contribution >= 4 is 11.9 Å². The number of esters is 1. The Morgan fingerprint density at radius 1 is 0.905 bits per heavy atom. The zero-order valence-corrected chi connectivity index (χ0v) is 11.4. The summed E-state index contributed by atoms with van der Waals surface area (Å²) < 4.78 is 4.59. The molecule has 0 N–H and O–H groups in total. The normalized spacial score (nSPS) is 9.95. The minimum absolute atomic E-state index is 0.156. The van der Waals surface area contributed by atoms with Crippen LogP contribution in [0.25, 0.3) is 0 Å². The topological polar surface area (TPSA) is 61.8 Å². The van der Waals surface area contributed by atoms with Crippen LogP contribution in [0.15, 0.2) is 54.6 Å². The molecule has 0 aliphatic heterocycles. The van der Waals surface area contributed by atoms with Crippen LogP contribution in [0.2, 0.25) is 0 Å². The van der Waals surface area contributed by atoms with Crippen LogP contribution in [0.1, 0.15) is 26.3 Å². The number of ether oxygens (including phenoxy) is 1. The van der Waals surface area contributed by atoms with E-state index in [0.717, 1.165) is 5.56 Å². The van der Waals surface area contributed by atoms with Gasteiger partial charge in [-0.3, -0.25) is 4.89 Å². The summed E-state index contributed by atoms with van der Waals surface area (Å²) >= 11 is 0. The molecule has 0 unspecified atom stereocenters. The van der Waals surface area contributed by atoms with Crippen molar-refractivity contribution in [3.63, 3.8) is 0 Å². The summed E-state index contributed by atoms with van der Waals surface area (Å²) in [6.45, 7) is 0.156. The highest BCUT2D eigenvalue weighted by Crippen LogP contribution is 2.09. The Labute approximate surface area is 122 Å². The van der Waals surface area contributed by atoms with Gasteiger partial charge in [0.05, 0.1) is 18.2 Å². The number of methoxy groups -OCH3 is 1. The van der Waals surface area contributed by atoms with E-state index in [0.29, 0.717) is 0 Å². The molecule has 5 heteroatoms. The predicted octanol–water partition coefficient (Wildman–Crippen LogP) is 2.76. The van der Waals surface area contributed by atoms with Crippen molar-refractivity contribution in [3.8, 4) is 0 Å². The number of carbonyl (C=O) groups excluding carboxylic acids is 2. The molecule has 0 spiro atoms. The monoisotopic (exact) mass is 286 g/mol. The van der Waals surface area contributed by atoms with Crippen molar-refractivity contribution in [3.05, 3.63) is 71.3 Å². The van der Waals surface area contributed by atoms with Gasteiger partial charge < -0.3 is 4.74 Å². The molecule has 2 rings (SSSR count). The molecule has 0 bridgehead atoms. The maximum atomic E-state index is 11.8. The van der Waals surface area contributed by atoms with Crippen LogP contribution in [0.4, 0.5) is 0 Å². The molecular formula is C16H14O5. The van der Waals surface area contributed by atoms with Gasteiger partial charge >= 0.3 is 11.9 Å². The van der Waals surface area contributed by atoms with E-state index < -0.39 is 11.9 Å². The van der Waals surface area contributed by atoms with E-state index in [2.05, 4.69) is 4.74 Å². The third kappa shape index (κ3) is 4.15. The minimum atomic E-state index is -0.670. The molecule has 21 heavy (non-hydrogen) atoms. The zero-order valence-electron chi connectivity index (χ0n) is 11.4. The Kier molecular flexibility index (Phi) is 5.06. The lowest BCUT2D eigenvalue weighted by Gasteiger charge is -2.05. The van der Waals surface area contributed by atoms with Crippen LogP contribution in [-0.4, -0.2) is 19.0 Å². The van der Waals surface area contributed by atoms with Crippen LogP contribution in [0.3, 0.4) is 0 Å². The molecule has 2 aromatic carbocycles. The Bertz CT molecular complexity index is 622. The quantitative estimate of drug-likeness (QED) is 0.480. The zero-order chi connectivity index (χ0) is 15.1. The summed E-state index contributed by atoms with van der Waals surface area (Å²) in [4.78, 5) is 32.8. The van der Waals surface area contributed by atoms with Crippen molar-refractivity contribution in [1.82, 2.24) is 0 Å². The second kappa shape index (κ2) is 7.21. The van der Waals surface area contributed by atoms with Crippen molar-refractivity contribution in [2.75, 3.05) is 7.11 Å². The number of rotatable bonds is 5. The highest BCUT2D eigenvalue weighted by atomic mass is 17.2. The molecule has 0 aliphatic carbocycles. The van der Waals surface area contributed by atoms with E-state index in [1.54, 1.807) is 12.1 Å². The summed E-state index contributed by atoms with van der Waals surface area (Å²) in [5.41, 5.74) is 1.37. The van der Waals surface area contributed by atoms with Gasteiger partial charge in [0.2, 0.25) is 0 Å². The van der Waals surface area contributed by atoms with Crippen LogP contribution in [-0.2, 0) is 21.1 Å². The van der Waals surface area contributed by atoms with Crippen molar-refractivity contribution < 1.29 is 24.1 Å². The van der Waals surface area contributed by atoms with E-state index in [1.807, 2.05) is 30.3 Å². The molecule has 2 aromatic rings. The molecular weight excluding hydrogens is 272 g/mol. The molecule has 0 amide bonds. The van der Waals surface area contributed by atoms with Gasteiger partial charge in [-0.15, -0.1) is 0 Å². The number of hydrogen-bond donors (Lipinski definition) is 0. The van der Waals surface area contributed by atoms with Gasteiger partial charge in [0.25, 0.3) is 0 Å². The summed E-state index contributed by atoms with van der Waals surface area (Å²) in [6.07, 6.45) is 0. The lowest BCUT2D eigenvalue weighted by atomic mass is 10.1. The van der Waals surface area contributed by atoms with Gasteiger partial charge in [-0.1, -0.05) is 36.4 Å². The third-order valence-corrected chi connectivity index (χ3v) is 2.72. The van der Waals surface area contributed by atoms with Crippen LogP contribution >= 0.6 is 0 Å². The third-order valence-electron chi connectivity index (χ3n) is 2.72. The van der Waals surface area contributed by atoms with Gasteiger partial charge in [0, 0.05) is 0 Å². The lowest BCUT2D eigenvalue weighted by Crippen LogP contribution is -2.08. The maximum Gasteiger partial charge on any atom is 0.373 e. The van der Waals surface area contributed by atoms with E-state index in [9.17, 15) is 9.59 Å². The molecule has 0 atom stereocenters. The second-order valence-electron chi connectivity index (χ2n) is 4.19. The van der Waals surface area contributed by atoms with Crippen molar-refractivity contribution in [1.29, 1.82) is 0 Å². The van der Waals surface area contributed by atoms with E-state index >= 15 is 0 Å². The van der Waals surface area contributed by atoms with Crippen molar-refractivity contribution in [2.24, 2.45) is 0 Å². The fraction of sp³-hybridized carbons (Fsp3) is 0.125. The fourth-order valence-electron chi connectivity index (χ4n) is 1.66. The Hall–Kier alpha value is -2.66. The average Bonchev–Trinajstić information content (AvgIpc) is 2.55. The highest BCUT2D eigenvalue weighted by Gasteiger charge is 2.12. The molecule has 108 valence electrons. The SMILES string of the molecule is COC(=O)c1cccc(C(=O)OOCc2ccccc2)c1. The van der Waals surface area contributed by atoms with Crippen LogP contribution in [0, 0.1) is 0 Å². The highest BCUT2D eigenvalue weighted by molar-refractivity contribution is 5.95. The molecule has 0 saturated heterocycles. The van der Waals surface area contributed by atoms with Crippen LogP contribution < -0.4 is 0 Å². The fourth-order valence-corrected chi connectivity index (χ4v) is 1.66. The molecule has 0 saturated carbocycles. The second-order valence-corrected chi connectivity index (χ2v) is 4.19. The Morgan fingerprint density at radius 3 is 2.24 bits per heavy atom. The van der Waals surface area contributed by atoms with Gasteiger partial charge in [-0.2, -0.15) is 4.89 Å². The smallest absolute Gasteiger partial charge is 0.373 e. The number of hydrogen-bond acceptors (Lipinski definition) is 5. The molecule has 0 fully saturated rings. The number of carbonyl (C=O) groups is 2. The first kappa shape index (κ1) is 14.7. The molecule has 0 radical (unpaired) electrons. The lowest BCUT2D eigenvalue weighted by molar-refractivity contribution is -0.250. The summed E-state index contributed by atoms with van der Waals surface area (Å²) in [5, 5.41) is 0. The first-order chi connectivity index (χ1) is 10.2. The summed E-state index contributed by atoms with van der Waals surface area (Å²) in [5.74, 6) is -1.19. The van der Waals surface area contributed by atoms with E-state index in [1.165, 1.54) is 19.2 Å². The first-order valence-corrected chi connectivity index (χ1v) is 6.27. The molecule has 5 nitrogen and oxygen atoms in total. The first-order valence-electron chi connectivity index (χ1n) is 6.27. The molecule has 0 aromatic heterocycles. The van der Waals surface area contributed by atoms with Crippen molar-refractivity contribution in [2.45, 2.75) is 6.61 Å². The largest absolute Gasteiger partial charge is 0.465 e. The summed E-state index contributed by atoms with van der Waals surface area (Å²) in [6, 6.07) is 15.3. The standard InChI is InChI=1S/C16H14O5/c1-19-15(17)13-8-5-9-14(10-13)16(18)21-20-11-12-6-3-2-4-7-12/h2-10H,11H2,1H3. The predicted molar refractivity (Wildman–Crippen MR) is 74.4 cm³/mol. The summed E-state index contributed by atoms with van der Waals surface area (Å²) in [7, 11) is 1.27. The van der Waals surface area contributed by atoms with Crippen LogP contribution in [0.5, 0.6) is 0 Å². The molecule has 0 heterocycles. The van der Waals surface area contributed by atoms with Gasteiger partial charge in [-0.05, 0) is 23.8 Å². The van der Waals surface area contributed by atoms with Gasteiger partial charge in [0.15, 0.2) is 0 Å². The molecule has 0 aliphatic rings. The average molecular weight is 286 g/mol.